The minimum absolute atomic E-state index is 0.0455. The molecule has 1 aliphatic heterocycles. The van der Waals surface area contributed by atoms with Crippen LogP contribution in [0.5, 0.6) is 5.75 Å². The third-order valence-corrected chi connectivity index (χ3v) is 7.29. The first-order valence-electron chi connectivity index (χ1n) is 12.5. The second kappa shape index (κ2) is 10.6. The fourth-order valence-electron chi connectivity index (χ4n) is 5.19. The van der Waals surface area contributed by atoms with Gasteiger partial charge in [0.05, 0.1) is 6.04 Å². The highest BCUT2D eigenvalue weighted by Gasteiger charge is 2.36. The van der Waals surface area contributed by atoms with Crippen LogP contribution in [0.25, 0.3) is 0 Å². The van der Waals surface area contributed by atoms with Crippen LogP contribution in [0.4, 0.5) is 4.39 Å². The lowest BCUT2D eigenvalue weighted by Crippen LogP contribution is -2.43. The highest BCUT2D eigenvalue weighted by molar-refractivity contribution is 5.81. The van der Waals surface area contributed by atoms with Crippen molar-refractivity contribution in [3.63, 3.8) is 0 Å². The van der Waals surface area contributed by atoms with Gasteiger partial charge in [-0.05, 0) is 73.6 Å². The maximum atomic E-state index is 13.7. The highest BCUT2D eigenvalue weighted by atomic mass is 19.1. The van der Waals surface area contributed by atoms with Crippen molar-refractivity contribution in [1.29, 1.82) is 0 Å². The van der Waals surface area contributed by atoms with E-state index in [1.807, 2.05) is 36.9 Å². The highest BCUT2D eigenvalue weighted by Crippen LogP contribution is 2.40. The minimum Gasteiger partial charge on any atom is -0.481 e. The third kappa shape index (κ3) is 4.96. The van der Waals surface area contributed by atoms with E-state index in [0.29, 0.717) is 25.3 Å². The molecule has 1 heterocycles. The van der Waals surface area contributed by atoms with Gasteiger partial charge in [0.2, 0.25) is 5.91 Å². The molecule has 0 N–H and O–H groups in total. The molecule has 0 radical (unpaired) electrons. The number of hydrogen-bond donors (Lipinski definition) is 0. The van der Waals surface area contributed by atoms with Gasteiger partial charge >= 0.3 is 0 Å². The molecule has 1 fully saturated rings. The Labute approximate surface area is 201 Å². The van der Waals surface area contributed by atoms with Gasteiger partial charge in [-0.1, -0.05) is 38.0 Å². The summed E-state index contributed by atoms with van der Waals surface area (Å²) in [5, 5.41) is 0. The Hall–Kier alpha value is -2.89. The van der Waals surface area contributed by atoms with E-state index < -0.39 is 6.10 Å². The Morgan fingerprint density at radius 2 is 1.82 bits per heavy atom. The predicted molar refractivity (Wildman–Crippen MR) is 130 cm³/mol. The van der Waals surface area contributed by atoms with Crippen LogP contribution in [0.15, 0.2) is 42.5 Å². The standard InChI is InChI=1S/C28H35FN2O3/c1-4-25(28(33)30(3)5-2)34-23-15-12-19-16-17-31(27(32)21-8-6-7-9-21)26(24(19)18-23)20-10-13-22(29)14-11-20/h10-15,18,21,25-26H,4-9,16-17H2,1-3H3/t25-,26-/m1/s1. The summed E-state index contributed by atoms with van der Waals surface area (Å²) in [6.45, 7) is 5.14. The molecule has 182 valence electrons. The maximum Gasteiger partial charge on any atom is 0.263 e. The van der Waals surface area contributed by atoms with Crippen molar-refractivity contribution in [2.45, 2.75) is 64.5 Å². The van der Waals surface area contributed by atoms with Gasteiger partial charge in [0.1, 0.15) is 11.6 Å². The number of amides is 2. The normalized spacial score (nSPS) is 18.9. The van der Waals surface area contributed by atoms with Crippen LogP contribution in [-0.2, 0) is 16.0 Å². The van der Waals surface area contributed by atoms with Crippen molar-refractivity contribution >= 4 is 11.8 Å². The summed E-state index contributed by atoms with van der Waals surface area (Å²) < 4.78 is 19.9. The fourth-order valence-corrected chi connectivity index (χ4v) is 5.19. The largest absolute Gasteiger partial charge is 0.481 e. The Balaban J connectivity index is 1.69. The Bertz CT molecular complexity index is 1020. The summed E-state index contributed by atoms with van der Waals surface area (Å²) in [5.41, 5.74) is 3.04. The van der Waals surface area contributed by atoms with Gasteiger partial charge in [0.25, 0.3) is 5.91 Å². The number of carbonyl (C=O) groups is 2. The van der Waals surface area contributed by atoms with Crippen LogP contribution in [0.2, 0.25) is 0 Å². The summed E-state index contributed by atoms with van der Waals surface area (Å²) >= 11 is 0. The van der Waals surface area contributed by atoms with Gasteiger partial charge in [0.15, 0.2) is 6.10 Å². The van der Waals surface area contributed by atoms with Crippen LogP contribution < -0.4 is 4.74 Å². The average Bonchev–Trinajstić information content (AvgIpc) is 3.41. The number of hydrogen-bond acceptors (Lipinski definition) is 3. The summed E-state index contributed by atoms with van der Waals surface area (Å²) in [6, 6.07) is 12.1. The molecule has 0 unspecified atom stereocenters. The molecule has 2 amide bonds. The molecule has 2 aromatic rings. The summed E-state index contributed by atoms with van der Waals surface area (Å²) in [5.74, 6) is 0.530. The molecule has 2 aliphatic rings. The van der Waals surface area contributed by atoms with Gasteiger partial charge in [-0.3, -0.25) is 9.59 Å². The van der Waals surface area contributed by atoms with Gasteiger partial charge in [0, 0.05) is 26.1 Å². The van der Waals surface area contributed by atoms with E-state index in [9.17, 15) is 14.0 Å². The van der Waals surface area contributed by atoms with Crippen molar-refractivity contribution in [3.05, 3.63) is 65.0 Å². The van der Waals surface area contributed by atoms with Crippen LogP contribution in [0, 0.1) is 11.7 Å². The van der Waals surface area contributed by atoms with E-state index >= 15 is 0 Å². The molecular formula is C28H35FN2O3. The van der Waals surface area contributed by atoms with Crippen LogP contribution in [0.1, 0.15) is 68.7 Å². The summed E-state index contributed by atoms with van der Waals surface area (Å²) in [4.78, 5) is 29.9. The molecular weight excluding hydrogens is 431 g/mol. The van der Waals surface area contributed by atoms with Crippen LogP contribution in [0.3, 0.4) is 0 Å². The van der Waals surface area contributed by atoms with E-state index in [0.717, 1.165) is 48.8 Å². The molecule has 4 rings (SSSR count). The van der Waals surface area contributed by atoms with E-state index in [-0.39, 0.29) is 29.6 Å². The average molecular weight is 467 g/mol. The zero-order valence-corrected chi connectivity index (χ0v) is 20.4. The fraction of sp³-hybridized carbons (Fsp3) is 0.500. The van der Waals surface area contributed by atoms with Crippen molar-refractivity contribution in [3.8, 4) is 5.75 Å². The van der Waals surface area contributed by atoms with E-state index in [1.54, 1.807) is 24.1 Å². The zero-order chi connectivity index (χ0) is 24.2. The SMILES string of the molecule is CC[C@@H](Oc1ccc2c(c1)[C@@H](c1ccc(F)cc1)N(C(=O)C1CCCC1)CC2)C(=O)N(C)CC. The first kappa shape index (κ1) is 24.2. The number of halogens is 1. The number of carbonyl (C=O) groups excluding carboxylic acids is 2. The molecule has 6 heteroatoms. The lowest BCUT2D eigenvalue weighted by atomic mass is 9.87. The van der Waals surface area contributed by atoms with E-state index in [4.69, 9.17) is 4.74 Å². The van der Waals surface area contributed by atoms with Crippen molar-refractivity contribution in [1.82, 2.24) is 9.80 Å². The molecule has 0 spiro atoms. The minimum atomic E-state index is -0.563. The quantitative estimate of drug-likeness (QED) is 0.569. The number of ether oxygens (including phenoxy) is 1. The van der Waals surface area contributed by atoms with E-state index in [1.165, 1.54) is 12.1 Å². The van der Waals surface area contributed by atoms with Gasteiger partial charge < -0.3 is 14.5 Å². The van der Waals surface area contributed by atoms with Crippen molar-refractivity contribution in [2.75, 3.05) is 20.1 Å². The monoisotopic (exact) mass is 466 g/mol. The van der Waals surface area contributed by atoms with Crippen molar-refractivity contribution in [2.24, 2.45) is 5.92 Å². The van der Waals surface area contributed by atoms with Crippen molar-refractivity contribution < 1.29 is 18.7 Å². The van der Waals surface area contributed by atoms with Gasteiger partial charge in [-0.15, -0.1) is 0 Å². The number of benzene rings is 2. The summed E-state index contributed by atoms with van der Waals surface area (Å²) in [6.07, 6.45) is 4.83. The smallest absolute Gasteiger partial charge is 0.263 e. The van der Waals surface area contributed by atoms with Gasteiger partial charge in [-0.2, -0.15) is 0 Å². The predicted octanol–water partition coefficient (Wildman–Crippen LogP) is 5.13. The molecule has 5 nitrogen and oxygen atoms in total. The van der Waals surface area contributed by atoms with E-state index in [2.05, 4.69) is 0 Å². The lowest BCUT2D eigenvalue weighted by molar-refractivity contribution is -0.137. The maximum absolute atomic E-state index is 13.7. The molecule has 0 bridgehead atoms. The summed E-state index contributed by atoms with van der Waals surface area (Å²) in [7, 11) is 1.78. The first-order chi connectivity index (χ1) is 16.4. The number of fused-ring (bicyclic) bond motifs is 1. The van der Waals surface area contributed by atoms with Gasteiger partial charge in [-0.25, -0.2) is 4.39 Å². The topological polar surface area (TPSA) is 49.9 Å². The lowest BCUT2D eigenvalue weighted by Gasteiger charge is -2.39. The zero-order valence-electron chi connectivity index (χ0n) is 20.4. The number of rotatable bonds is 7. The first-order valence-corrected chi connectivity index (χ1v) is 12.5. The second-order valence-electron chi connectivity index (χ2n) is 9.44. The molecule has 1 aliphatic carbocycles. The molecule has 34 heavy (non-hydrogen) atoms. The number of nitrogens with zero attached hydrogens (tertiary/aromatic N) is 2. The second-order valence-corrected chi connectivity index (χ2v) is 9.44. The molecule has 0 saturated heterocycles. The Kier molecular flexibility index (Phi) is 7.54. The Morgan fingerprint density at radius 1 is 1.12 bits per heavy atom. The number of likely N-dealkylation sites (N-methyl/N-ethyl adjacent to an activating group) is 1. The van der Waals surface area contributed by atoms with Crippen LogP contribution >= 0.6 is 0 Å². The molecule has 0 aromatic heterocycles. The molecule has 1 saturated carbocycles. The third-order valence-electron chi connectivity index (χ3n) is 7.29. The van der Waals surface area contributed by atoms with Crippen LogP contribution in [-0.4, -0.2) is 47.9 Å². The molecule has 2 aromatic carbocycles. The Morgan fingerprint density at radius 3 is 2.47 bits per heavy atom. The molecule has 2 atom stereocenters.